The molecule has 1 aromatic carbocycles. The smallest absolute Gasteiger partial charge is 0.324 e. The Morgan fingerprint density at radius 2 is 2.16 bits per heavy atom. The highest BCUT2D eigenvalue weighted by molar-refractivity contribution is 7.99. The van der Waals surface area contributed by atoms with E-state index in [1.54, 1.807) is 16.7 Å². The number of anilines is 1. The molecule has 2 rings (SSSR count). The van der Waals surface area contributed by atoms with Crippen molar-refractivity contribution in [1.29, 1.82) is 0 Å². The summed E-state index contributed by atoms with van der Waals surface area (Å²) in [6, 6.07) is 3.51. The number of nitrogens with zero attached hydrogens (tertiary/aromatic N) is 2. The third-order valence-corrected chi connectivity index (χ3v) is 5.36. The number of H-pyrrole nitrogens is 1. The van der Waals surface area contributed by atoms with E-state index in [2.05, 4.69) is 15.5 Å². The topological polar surface area (TPSA) is 79.8 Å². The number of carbonyl (C=O) groups excluding carboxylic acids is 1. The van der Waals surface area contributed by atoms with E-state index in [0.717, 1.165) is 12.0 Å². The largest absolute Gasteiger partial charge is 0.343 e. The van der Waals surface area contributed by atoms with Crippen LogP contribution in [0.4, 0.5) is 5.69 Å². The van der Waals surface area contributed by atoms with Crippen LogP contribution >= 0.6 is 35.0 Å². The fourth-order valence-corrected chi connectivity index (χ4v) is 3.58. The maximum absolute atomic E-state index is 12.1. The maximum Gasteiger partial charge on any atom is 0.343 e. The molecule has 0 aliphatic rings. The van der Waals surface area contributed by atoms with Gasteiger partial charge in [-0.1, -0.05) is 48.0 Å². The van der Waals surface area contributed by atoms with Gasteiger partial charge < -0.3 is 5.32 Å². The van der Waals surface area contributed by atoms with Gasteiger partial charge in [-0.25, -0.2) is 9.89 Å². The predicted octanol–water partition coefficient (Wildman–Crippen LogP) is 4.11. The lowest BCUT2D eigenvalue weighted by atomic mass is 10.2. The van der Waals surface area contributed by atoms with Crippen molar-refractivity contribution in [2.24, 2.45) is 0 Å². The highest BCUT2D eigenvalue weighted by Gasteiger charge is 2.12. The molecule has 9 heteroatoms. The molecule has 0 saturated heterocycles. The maximum atomic E-state index is 12.1. The summed E-state index contributed by atoms with van der Waals surface area (Å²) in [6.45, 7) is 4.48. The average molecular weight is 403 g/mol. The number of benzene rings is 1. The van der Waals surface area contributed by atoms with Crippen LogP contribution in [0.25, 0.3) is 0 Å². The highest BCUT2D eigenvalue weighted by atomic mass is 35.5. The average Bonchev–Trinajstić information content (AvgIpc) is 2.93. The zero-order chi connectivity index (χ0) is 18.4. The van der Waals surface area contributed by atoms with Crippen LogP contribution in [0.1, 0.15) is 31.7 Å². The Labute approximate surface area is 160 Å². The minimum Gasteiger partial charge on any atom is -0.324 e. The van der Waals surface area contributed by atoms with Gasteiger partial charge in [-0.15, -0.1) is 5.10 Å². The number of hydrogen-bond donors (Lipinski definition) is 2. The molecule has 1 aromatic heterocycles. The zero-order valence-corrected chi connectivity index (χ0v) is 16.4. The van der Waals surface area contributed by atoms with Crippen LogP contribution in [-0.4, -0.2) is 26.4 Å². The molecule has 1 heterocycles. The van der Waals surface area contributed by atoms with E-state index in [1.807, 2.05) is 13.8 Å². The summed E-state index contributed by atoms with van der Waals surface area (Å²) in [5.74, 6) is 0.527. The summed E-state index contributed by atoms with van der Waals surface area (Å²) in [4.78, 5) is 23.7. The van der Waals surface area contributed by atoms with Crippen molar-refractivity contribution in [3.63, 3.8) is 0 Å². The SMILES string of the molecule is CCCn1c(SCCCC(=O)Nc2c(Cl)ccc(C)c2Cl)n[nH]c1=O. The molecule has 0 radical (unpaired) electrons. The summed E-state index contributed by atoms with van der Waals surface area (Å²) in [7, 11) is 0. The number of aryl methyl sites for hydroxylation is 1. The number of aromatic amines is 1. The zero-order valence-electron chi connectivity index (χ0n) is 14.1. The van der Waals surface area contributed by atoms with Gasteiger partial charge >= 0.3 is 5.69 Å². The molecule has 0 spiro atoms. The van der Waals surface area contributed by atoms with Crippen molar-refractivity contribution in [2.75, 3.05) is 11.1 Å². The molecular weight excluding hydrogens is 383 g/mol. The first-order valence-electron chi connectivity index (χ1n) is 7.96. The van der Waals surface area contributed by atoms with Crippen molar-refractivity contribution in [3.05, 3.63) is 38.2 Å². The van der Waals surface area contributed by atoms with E-state index < -0.39 is 0 Å². The van der Waals surface area contributed by atoms with Crippen LogP contribution in [0.15, 0.2) is 22.1 Å². The van der Waals surface area contributed by atoms with Crippen molar-refractivity contribution in [2.45, 2.75) is 44.8 Å². The number of nitrogens with one attached hydrogen (secondary N) is 2. The Morgan fingerprint density at radius 1 is 1.40 bits per heavy atom. The van der Waals surface area contributed by atoms with Crippen LogP contribution in [-0.2, 0) is 11.3 Å². The second-order valence-corrected chi connectivity index (χ2v) is 7.36. The summed E-state index contributed by atoms with van der Waals surface area (Å²) in [5, 5.41) is 10.7. The summed E-state index contributed by atoms with van der Waals surface area (Å²) < 4.78 is 1.61. The third kappa shape index (κ3) is 5.26. The lowest BCUT2D eigenvalue weighted by Crippen LogP contribution is -2.17. The van der Waals surface area contributed by atoms with Crippen molar-refractivity contribution >= 4 is 46.6 Å². The Hall–Kier alpha value is -1.44. The Bertz CT molecular complexity index is 804. The van der Waals surface area contributed by atoms with E-state index in [1.165, 1.54) is 11.8 Å². The number of rotatable bonds is 8. The number of amides is 1. The first kappa shape index (κ1) is 19.9. The minimum atomic E-state index is -0.203. The second kappa shape index (κ2) is 9.31. The molecule has 0 aliphatic carbocycles. The van der Waals surface area contributed by atoms with Crippen LogP contribution in [0.3, 0.4) is 0 Å². The third-order valence-electron chi connectivity index (χ3n) is 3.50. The van der Waals surface area contributed by atoms with Crippen LogP contribution in [0.2, 0.25) is 10.0 Å². The van der Waals surface area contributed by atoms with E-state index in [-0.39, 0.29) is 11.6 Å². The first-order valence-corrected chi connectivity index (χ1v) is 9.70. The van der Waals surface area contributed by atoms with Crippen LogP contribution in [0, 0.1) is 6.92 Å². The Morgan fingerprint density at radius 3 is 2.88 bits per heavy atom. The first-order chi connectivity index (χ1) is 11.9. The van der Waals surface area contributed by atoms with Gasteiger partial charge in [0.25, 0.3) is 0 Å². The monoisotopic (exact) mass is 402 g/mol. The second-order valence-electron chi connectivity index (χ2n) is 5.52. The van der Waals surface area contributed by atoms with Gasteiger partial charge in [0.2, 0.25) is 5.91 Å². The van der Waals surface area contributed by atoms with Gasteiger partial charge in [0, 0.05) is 18.7 Å². The number of carbonyl (C=O) groups is 1. The van der Waals surface area contributed by atoms with Gasteiger partial charge in [-0.3, -0.25) is 9.36 Å². The van der Waals surface area contributed by atoms with E-state index >= 15 is 0 Å². The molecule has 0 aliphatic heterocycles. The summed E-state index contributed by atoms with van der Waals surface area (Å²) in [6.07, 6.45) is 1.83. The fraction of sp³-hybridized carbons (Fsp3) is 0.438. The highest BCUT2D eigenvalue weighted by Crippen LogP contribution is 2.33. The fourth-order valence-electron chi connectivity index (χ4n) is 2.20. The quantitative estimate of drug-likeness (QED) is 0.514. The molecule has 1 amide bonds. The van der Waals surface area contributed by atoms with Crippen molar-refractivity contribution < 1.29 is 4.79 Å². The molecular formula is C16H20Cl2N4O2S. The van der Waals surface area contributed by atoms with Crippen LogP contribution < -0.4 is 11.0 Å². The number of thioether (sulfide) groups is 1. The molecule has 0 saturated carbocycles. The molecule has 0 fully saturated rings. The number of halogens is 2. The Kier molecular flexibility index (Phi) is 7.40. The number of aromatic nitrogens is 3. The lowest BCUT2D eigenvalue weighted by molar-refractivity contribution is -0.116. The van der Waals surface area contributed by atoms with Gasteiger partial charge in [0.05, 0.1) is 15.7 Å². The predicted molar refractivity (Wildman–Crippen MR) is 103 cm³/mol. The van der Waals surface area contributed by atoms with E-state index in [9.17, 15) is 9.59 Å². The molecule has 0 atom stereocenters. The van der Waals surface area contributed by atoms with Gasteiger partial charge in [0.15, 0.2) is 5.16 Å². The van der Waals surface area contributed by atoms with Crippen molar-refractivity contribution in [1.82, 2.24) is 14.8 Å². The lowest BCUT2D eigenvalue weighted by Gasteiger charge is -2.11. The van der Waals surface area contributed by atoms with E-state index in [0.29, 0.717) is 46.0 Å². The van der Waals surface area contributed by atoms with E-state index in [4.69, 9.17) is 23.2 Å². The van der Waals surface area contributed by atoms with Crippen molar-refractivity contribution in [3.8, 4) is 0 Å². The molecule has 2 aromatic rings. The van der Waals surface area contributed by atoms with Gasteiger partial charge in [0.1, 0.15) is 0 Å². The number of hydrogen-bond acceptors (Lipinski definition) is 4. The molecule has 25 heavy (non-hydrogen) atoms. The van der Waals surface area contributed by atoms with Crippen LogP contribution in [0.5, 0.6) is 0 Å². The molecule has 136 valence electrons. The Balaban J connectivity index is 1.84. The molecule has 6 nitrogen and oxygen atoms in total. The molecule has 0 unspecified atom stereocenters. The summed E-state index contributed by atoms with van der Waals surface area (Å²) >= 11 is 13.7. The van der Waals surface area contributed by atoms with Gasteiger partial charge in [-0.05, 0) is 31.4 Å². The molecule has 0 bridgehead atoms. The molecule has 2 N–H and O–H groups in total. The minimum absolute atomic E-state index is 0.150. The normalized spacial score (nSPS) is 10.9. The summed E-state index contributed by atoms with van der Waals surface area (Å²) in [5.41, 5.74) is 1.10. The van der Waals surface area contributed by atoms with Gasteiger partial charge in [-0.2, -0.15) is 0 Å². The standard InChI is InChI=1S/C16H20Cl2N4O2S/c1-3-8-22-15(24)20-21-16(22)25-9-4-5-12(23)19-14-11(17)7-6-10(2)13(14)18/h6-7H,3-5,8-9H2,1-2H3,(H,19,23)(H,20,24).